The van der Waals surface area contributed by atoms with Gasteiger partial charge in [0.15, 0.2) is 0 Å². The molecule has 0 aliphatic heterocycles. The Kier molecular flexibility index (Phi) is 4.98. The Morgan fingerprint density at radius 1 is 1.04 bits per heavy atom. The van der Waals surface area contributed by atoms with Crippen LogP contribution in [-0.4, -0.2) is 21.6 Å². The Balaban J connectivity index is 1.88. The maximum atomic E-state index is 5.46. The third kappa shape index (κ3) is 3.74. The van der Waals surface area contributed by atoms with E-state index in [9.17, 15) is 0 Å². The summed E-state index contributed by atoms with van der Waals surface area (Å²) in [6, 6.07) is 8.03. The molecule has 3 heterocycles. The summed E-state index contributed by atoms with van der Waals surface area (Å²) in [6.07, 6.45) is 5.71. The zero-order valence-electron chi connectivity index (χ0n) is 13.3. The number of thiazole rings is 1. The number of hydrogen-bond acceptors (Lipinski definition) is 5. The van der Waals surface area contributed by atoms with Crippen molar-refractivity contribution in [3.05, 3.63) is 47.7 Å². The molecular formula is C18H19N3OS. The lowest BCUT2D eigenvalue weighted by atomic mass is 10.1. The van der Waals surface area contributed by atoms with Crippen LogP contribution in [0.3, 0.4) is 0 Å². The van der Waals surface area contributed by atoms with Crippen molar-refractivity contribution in [1.82, 2.24) is 15.0 Å². The van der Waals surface area contributed by atoms with Gasteiger partial charge in [0.1, 0.15) is 5.01 Å². The molecule has 4 nitrogen and oxygen atoms in total. The third-order valence-corrected chi connectivity index (χ3v) is 4.29. The van der Waals surface area contributed by atoms with Crippen LogP contribution in [0.15, 0.2) is 42.0 Å². The summed E-state index contributed by atoms with van der Waals surface area (Å²) < 4.78 is 5.46. The predicted molar refractivity (Wildman–Crippen MR) is 93.7 cm³/mol. The van der Waals surface area contributed by atoms with E-state index in [1.165, 1.54) is 0 Å². The summed E-state index contributed by atoms with van der Waals surface area (Å²) in [6.45, 7) is 4.72. The van der Waals surface area contributed by atoms with Crippen molar-refractivity contribution in [2.24, 2.45) is 0 Å². The topological polar surface area (TPSA) is 47.9 Å². The van der Waals surface area contributed by atoms with Gasteiger partial charge in [-0.25, -0.2) is 9.97 Å². The van der Waals surface area contributed by atoms with Crippen LogP contribution in [0.1, 0.15) is 26.0 Å². The van der Waals surface area contributed by atoms with Gasteiger partial charge in [-0.05, 0) is 31.5 Å². The highest BCUT2D eigenvalue weighted by molar-refractivity contribution is 7.13. The molecule has 0 atom stereocenters. The van der Waals surface area contributed by atoms with Crippen molar-refractivity contribution in [3.63, 3.8) is 0 Å². The van der Waals surface area contributed by atoms with Crippen molar-refractivity contribution in [3.8, 4) is 27.7 Å². The molecule has 0 N–H and O–H groups in total. The second-order valence-electron chi connectivity index (χ2n) is 5.14. The number of rotatable bonds is 6. The van der Waals surface area contributed by atoms with Crippen molar-refractivity contribution in [2.75, 3.05) is 6.61 Å². The van der Waals surface area contributed by atoms with Crippen molar-refractivity contribution in [2.45, 2.75) is 26.7 Å². The van der Waals surface area contributed by atoms with E-state index in [0.29, 0.717) is 12.5 Å². The molecule has 0 bridgehead atoms. The molecule has 3 aromatic rings. The molecule has 0 saturated heterocycles. The molecule has 3 rings (SSSR count). The smallest absolute Gasteiger partial charge is 0.213 e. The first-order valence-corrected chi connectivity index (χ1v) is 8.68. The maximum Gasteiger partial charge on any atom is 0.213 e. The Morgan fingerprint density at radius 2 is 1.87 bits per heavy atom. The first-order valence-electron chi connectivity index (χ1n) is 7.80. The van der Waals surface area contributed by atoms with Gasteiger partial charge in [0.05, 0.1) is 12.3 Å². The fourth-order valence-corrected chi connectivity index (χ4v) is 3.16. The molecule has 118 valence electrons. The van der Waals surface area contributed by atoms with Gasteiger partial charge in [-0.1, -0.05) is 13.3 Å². The van der Waals surface area contributed by atoms with Gasteiger partial charge in [0.25, 0.3) is 0 Å². The average Bonchev–Trinajstić information content (AvgIpc) is 3.06. The van der Waals surface area contributed by atoms with Gasteiger partial charge in [-0.3, -0.25) is 4.98 Å². The highest BCUT2D eigenvalue weighted by Crippen LogP contribution is 2.30. The first-order chi connectivity index (χ1) is 11.3. The Hall–Kier alpha value is -2.27. The highest BCUT2D eigenvalue weighted by atomic mass is 32.1. The molecule has 0 amide bonds. The highest BCUT2D eigenvalue weighted by Gasteiger charge is 2.09. The summed E-state index contributed by atoms with van der Waals surface area (Å²) in [5.41, 5.74) is 4.21. The van der Waals surface area contributed by atoms with Gasteiger partial charge in [-0.15, -0.1) is 11.3 Å². The quantitative estimate of drug-likeness (QED) is 0.663. The van der Waals surface area contributed by atoms with E-state index < -0.39 is 0 Å². The number of pyridine rings is 2. The number of hydrogen-bond donors (Lipinski definition) is 0. The fraction of sp³-hybridized carbons (Fsp3) is 0.278. The van der Waals surface area contributed by atoms with Crippen molar-refractivity contribution in [1.29, 1.82) is 0 Å². The third-order valence-electron chi connectivity index (χ3n) is 3.40. The molecule has 0 unspecified atom stereocenters. The van der Waals surface area contributed by atoms with Crippen LogP contribution in [0, 0.1) is 0 Å². The monoisotopic (exact) mass is 325 g/mol. The fourth-order valence-electron chi connectivity index (χ4n) is 2.34. The molecule has 23 heavy (non-hydrogen) atoms. The minimum Gasteiger partial charge on any atom is -0.478 e. The SMILES string of the molecule is CCCc1cc(-c2nc(-c3ccnc(OCC)c3)cs2)ccn1. The van der Waals surface area contributed by atoms with E-state index >= 15 is 0 Å². The molecule has 0 aliphatic rings. The average molecular weight is 325 g/mol. The predicted octanol–water partition coefficient (Wildman–Crippen LogP) is 4.62. The second kappa shape index (κ2) is 7.33. The van der Waals surface area contributed by atoms with Gasteiger partial charge < -0.3 is 4.74 Å². The van der Waals surface area contributed by atoms with Crippen molar-refractivity contribution >= 4 is 11.3 Å². The van der Waals surface area contributed by atoms with Crippen LogP contribution >= 0.6 is 11.3 Å². The van der Waals surface area contributed by atoms with E-state index in [0.717, 1.165) is 40.4 Å². The summed E-state index contributed by atoms with van der Waals surface area (Å²) >= 11 is 1.64. The molecule has 0 aliphatic carbocycles. The van der Waals surface area contributed by atoms with Gasteiger partial charge >= 0.3 is 0 Å². The molecule has 0 aromatic carbocycles. The largest absolute Gasteiger partial charge is 0.478 e. The van der Waals surface area contributed by atoms with Crippen LogP contribution in [0.25, 0.3) is 21.8 Å². The lowest BCUT2D eigenvalue weighted by molar-refractivity contribution is 0.327. The number of ether oxygens (including phenoxy) is 1. The first kappa shape index (κ1) is 15.6. The molecule has 5 heteroatoms. The molecule has 0 radical (unpaired) electrons. The minimum atomic E-state index is 0.607. The van der Waals surface area contributed by atoms with E-state index in [-0.39, 0.29) is 0 Å². The zero-order valence-corrected chi connectivity index (χ0v) is 14.1. The van der Waals surface area contributed by atoms with Crippen LogP contribution in [-0.2, 0) is 6.42 Å². The summed E-state index contributed by atoms with van der Waals surface area (Å²) in [5.74, 6) is 0.633. The van der Waals surface area contributed by atoms with Gasteiger partial charge in [-0.2, -0.15) is 0 Å². The Labute approximate surface area is 140 Å². The Bertz CT molecular complexity index is 721. The van der Waals surface area contributed by atoms with E-state index in [4.69, 9.17) is 9.72 Å². The van der Waals surface area contributed by atoms with Crippen molar-refractivity contribution < 1.29 is 4.74 Å². The molecular weight excluding hydrogens is 306 g/mol. The van der Waals surface area contributed by atoms with Gasteiger partial charge in [0, 0.05) is 40.7 Å². The van der Waals surface area contributed by atoms with Crippen LogP contribution in [0.4, 0.5) is 0 Å². The van der Waals surface area contributed by atoms with Crippen LogP contribution in [0.5, 0.6) is 5.88 Å². The van der Waals surface area contributed by atoms with Crippen LogP contribution < -0.4 is 4.74 Å². The lowest BCUT2D eigenvalue weighted by Crippen LogP contribution is -1.94. The second-order valence-corrected chi connectivity index (χ2v) is 6.00. The van der Waals surface area contributed by atoms with E-state index in [2.05, 4.69) is 28.3 Å². The van der Waals surface area contributed by atoms with E-state index in [1.54, 1.807) is 17.5 Å². The summed E-state index contributed by atoms with van der Waals surface area (Å²) in [5, 5.41) is 3.08. The standard InChI is InChI=1S/C18H19N3OS/c1-3-5-15-10-14(7-8-19-15)18-21-16(12-23-18)13-6-9-20-17(11-13)22-4-2/h6-12H,3-5H2,1-2H3. The molecule has 0 spiro atoms. The summed E-state index contributed by atoms with van der Waals surface area (Å²) in [7, 11) is 0. The summed E-state index contributed by atoms with van der Waals surface area (Å²) in [4.78, 5) is 13.4. The maximum absolute atomic E-state index is 5.46. The molecule has 0 fully saturated rings. The number of aromatic nitrogens is 3. The molecule has 3 aromatic heterocycles. The van der Waals surface area contributed by atoms with Gasteiger partial charge in [0.2, 0.25) is 5.88 Å². The molecule has 0 saturated carbocycles. The minimum absolute atomic E-state index is 0.607. The zero-order chi connectivity index (χ0) is 16.1. The van der Waals surface area contributed by atoms with E-state index in [1.807, 2.05) is 31.3 Å². The number of nitrogens with zero attached hydrogens (tertiary/aromatic N) is 3. The number of aryl methyl sites for hydroxylation is 1. The normalized spacial score (nSPS) is 10.7. The lowest BCUT2D eigenvalue weighted by Gasteiger charge is -2.03. The van der Waals surface area contributed by atoms with Crippen LogP contribution in [0.2, 0.25) is 0 Å². The Morgan fingerprint density at radius 3 is 2.70 bits per heavy atom.